The van der Waals surface area contributed by atoms with E-state index in [0.717, 1.165) is 24.9 Å². The van der Waals surface area contributed by atoms with Crippen LogP contribution in [0.25, 0.3) is 0 Å². The molecular formula is C16H25NO3. The Kier molecular flexibility index (Phi) is 5.26. The van der Waals surface area contributed by atoms with Crippen LogP contribution in [0.2, 0.25) is 0 Å². The van der Waals surface area contributed by atoms with Crippen molar-refractivity contribution in [3.8, 4) is 11.5 Å². The monoisotopic (exact) mass is 279 g/mol. The van der Waals surface area contributed by atoms with Crippen molar-refractivity contribution in [3.05, 3.63) is 23.8 Å². The lowest BCUT2D eigenvalue weighted by molar-refractivity contribution is 0.131. The highest BCUT2D eigenvalue weighted by molar-refractivity contribution is 5.40. The number of phenolic OH excluding ortho intramolecular Hbond substituents is 2. The first-order valence-electron chi connectivity index (χ1n) is 7.48. The molecule has 0 spiro atoms. The summed E-state index contributed by atoms with van der Waals surface area (Å²) in [4.78, 5) is 0. The second-order valence-electron chi connectivity index (χ2n) is 5.86. The van der Waals surface area contributed by atoms with Crippen LogP contribution < -0.4 is 5.32 Å². The van der Waals surface area contributed by atoms with Gasteiger partial charge >= 0.3 is 0 Å². The van der Waals surface area contributed by atoms with Gasteiger partial charge in [0.1, 0.15) is 11.5 Å². The summed E-state index contributed by atoms with van der Waals surface area (Å²) in [6, 6.07) is 4.72. The third-order valence-corrected chi connectivity index (χ3v) is 4.47. The molecule has 0 heterocycles. The molecule has 2 rings (SSSR count). The van der Waals surface area contributed by atoms with Gasteiger partial charge in [-0.15, -0.1) is 0 Å². The minimum atomic E-state index is 0.0249. The van der Waals surface area contributed by atoms with Crippen molar-refractivity contribution in [2.24, 2.45) is 11.8 Å². The fraction of sp³-hybridized carbons (Fsp3) is 0.625. The molecule has 1 aliphatic rings. The van der Waals surface area contributed by atoms with Gasteiger partial charge in [-0.3, -0.25) is 0 Å². The smallest absolute Gasteiger partial charge is 0.124 e. The zero-order valence-electron chi connectivity index (χ0n) is 12.0. The Morgan fingerprint density at radius 3 is 2.55 bits per heavy atom. The first-order chi connectivity index (χ1) is 9.61. The van der Waals surface area contributed by atoms with Crippen LogP contribution in [0.15, 0.2) is 18.2 Å². The summed E-state index contributed by atoms with van der Waals surface area (Å²) in [5, 5.41) is 32.0. The van der Waals surface area contributed by atoms with E-state index < -0.39 is 0 Å². The molecule has 4 nitrogen and oxygen atoms in total. The van der Waals surface area contributed by atoms with Crippen LogP contribution in [0.5, 0.6) is 11.5 Å². The van der Waals surface area contributed by atoms with Crippen molar-refractivity contribution in [3.63, 3.8) is 0 Å². The fourth-order valence-corrected chi connectivity index (χ4v) is 3.13. The van der Waals surface area contributed by atoms with Gasteiger partial charge in [0.2, 0.25) is 0 Å². The maximum Gasteiger partial charge on any atom is 0.124 e. The second-order valence-corrected chi connectivity index (χ2v) is 5.86. The van der Waals surface area contributed by atoms with Crippen LogP contribution in [0.1, 0.15) is 44.2 Å². The van der Waals surface area contributed by atoms with Crippen molar-refractivity contribution in [1.29, 1.82) is 0 Å². The minimum Gasteiger partial charge on any atom is -0.508 e. The molecule has 112 valence electrons. The van der Waals surface area contributed by atoms with E-state index in [1.54, 1.807) is 12.1 Å². The molecule has 0 saturated heterocycles. The summed E-state index contributed by atoms with van der Waals surface area (Å²) < 4.78 is 0. The maximum atomic E-state index is 9.86. The van der Waals surface area contributed by atoms with E-state index in [1.165, 1.54) is 18.9 Å². The van der Waals surface area contributed by atoms with Crippen molar-refractivity contribution in [2.75, 3.05) is 13.2 Å². The maximum absolute atomic E-state index is 9.86. The lowest BCUT2D eigenvalue weighted by Gasteiger charge is -2.31. The number of aromatic hydroxyl groups is 2. The lowest BCUT2D eigenvalue weighted by atomic mass is 9.79. The summed E-state index contributed by atoms with van der Waals surface area (Å²) >= 11 is 0. The molecule has 1 saturated carbocycles. The third kappa shape index (κ3) is 3.64. The molecule has 0 amide bonds. The molecule has 1 aromatic carbocycles. The first kappa shape index (κ1) is 15.1. The quantitative estimate of drug-likeness (QED) is 0.668. The van der Waals surface area contributed by atoms with Crippen LogP contribution >= 0.6 is 0 Å². The molecule has 4 heteroatoms. The Labute approximate surface area is 120 Å². The van der Waals surface area contributed by atoms with Gasteiger partial charge in [-0.25, -0.2) is 0 Å². The van der Waals surface area contributed by atoms with E-state index in [4.69, 9.17) is 0 Å². The normalized spacial score (nSPS) is 24.5. The lowest BCUT2D eigenvalue weighted by Crippen LogP contribution is -2.33. The van der Waals surface area contributed by atoms with E-state index in [1.807, 2.05) is 6.92 Å². The topological polar surface area (TPSA) is 72.7 Å². The number of benzene rings is 1. The number of aliphatic hydroxyl groups excluding tert-OH is 1. The molecule has 3 atom stereocenters. The number of nitrogens with one attached hydrogen (secondary N) is 1. The summed E-state index contributed by atoms with van der Waals surface area (Å²) in [7, 11) is 0. The van der Waals surface area contributed by atoms with Crippen molar-refractivity contribution >= 4 is 0 Å². The van der Waals surface area contributed by atoms with Gasteiger partial charge in [-0.05, 0) is 44.2 Å². The van der Waals surface area contributed by atoms with Crippen LogP contribution in [-0.2, 0) is 0 Å². The molecule has 4 N–H and O–H groups in total. The number of aliphatic hydroxyl groups is 1. The van der Waals surface area contributed by atoms with Gasteiger partial charge in [0.25, 0.3) is 0 Å². The predicted octanol–water partition coefficient (Wildman–Crippen LogP) is 2.55. The van der Waals surface area contributed by atoms with Crippen molar-refractivity contribution in [2.45, 2.75) is 38.6 Å². The molecule has 0 aliphatic heterocycles. The minimum absolute atomic E-state index is 0.0249. The molecule has 0 aromatic heterocycles. The number of hydrogen-bond donors (Lipinski definition) is 4. The van der Waals surface area contributed by atoms with Crippen LogP contribution in [0.3, 0.4) is 0 Å². The van der Waals surface area contributed by atoms with Crippen molar-refractivity contribution < 1.29 is 15.3 Å². The van der Waals surface area contributed by atoms with Crippen LogP contribution in [-0.4, -0.2) is 28.5 Å². The summed E-state index contributed by atoms with van der Waals surface area (Å²) in [6.45, 7) is 3.13. The Morgan fingerprint density at radius 1 is 1.20 bits per heavy atom. The molecular weight excluding hydrogens is 254 g/mol. The largest absolute Gasteiger partial charge is 0.508 e. The molecule has 1 fully saturated rings. The number of rotatable bonds is 5. The van der Waals surface area contributed by atoms with Gasteiger partial charge < -0.3 is 20.6 Å². The highest BCUT2D eigenvalue weighted by Crippen LogP contribution is 2.31. The average Bonchev–Trinajstić information content (AvgIpc) is 2.45. The van der Waals surface area contributed by atoms with Gasteiger partial charge in [-0.1, -0.05) is 18.9 Å². The predicted molar refractivity (Wildman–Crippen MR) is 78.7 cm³/mol. The van der Waals surface area contributed by atoms with E-state index in [0.29, 0.717) is 11.8 Å². The molecule has 20 heavy (non-hydrogen) atoms. The molecule has 1 aliphatic carbocycles. The Balaban J connectivity index is 1.92. The second kappa shape index (κ2) is 6.95. The van der Waals surface area contributed by atoms with Crippen LogP contribution in [0.4, 0.5) is 0 Å². The third-order valence-electron chi connectivity index (χ3n) is 4.47. The van der Waals surface area contributed by atoms with E-state index in [2.05, 4.69) is 5.32 Å². The first-order valence-corrected chi connectivity index (χ1v) is 7.48. The van der Waals surface area contributed by atoms with Crippen LogP contribution in [0, 0.1) is 11.8 Å². The highest BCUT2D eigenvalue weighted by Gasteiger charge is 2.24. The van der Waals surface area contributed by atoms with E-state index in [-0.39, 0.29) is 24.1 Å². The number of hydrogen-bond acceptors (Lipinski definition) is 4. The zero-order valence-corrected chi connectivity index (χ0v) is 12.0. The molecule has 0 radical (unpaired) electrons. The highest BCUT2D eigenvalue weighted by atomic mass is 16.3. The summed E-state index contributed by atoms with van der Waals surface area (Å²) in [5.41, 5.74) is 0.791. The van der Waals surface area contributed by atoms with Gasteiger partial charge in [0, 0.05) is 24.3 Å². The average molecular weight is 279 g/mol. The summed E-state index contributed by atoms with van der Waals surface area (Å²) in [6.07, 6.45) is 4.73. The van der Waals surface area contributed by atoms with E-state index in [9.17, 15) is 15.3 Å². The fourth-order valence-electron chi connectivity index (χ4n) is 3.13. The number of phenols is 2. The van der Waals surface area contributed by atoms with Crippen molar-refractivity contribution in [1.82, 2.24) is 5.32 Å². The molecule has 3 unspecified atom stereocenters. The van der Waals surface area contributed by atoms with E-state index >= 15 is 0 Å². The zero-order chi connectivity index (χ0) is 14.5. The Bertz CT molecular complexity index is 436. The molecule has 0 bridgehead atoms. The van der Waals surface area contributed by atoms with Gasteiger partial charge in [0.05, 0.1) is 0 Å². The Hall–Kier alpha value is -1.26. The standard InChI is InChI=1S/C16H25NO3/c1-11(15-7-6-14(19)8-16(15)20)17-9-12-4-2-3-5-13(12)10-18/h6-8,11-13,17-20H,2-5,9-10H2,1H3. The van der Waals surface area contributed by atoms with Gasteiger partial charge in [-0.2, -0.15) is 0 Å². The summed E-state index contributed by atoms with van der Waals surface area (Å²) in [5.74, 6) is 1.10. The Morgan fingerprint density at radius 2 is 1.90 bits per heavy atom. The molecule has 1 aromatic rings. The van der Waals surface area contributed by atoms with Gasteiger partial charge in [0.15, 0.2) is 0 Å². The SMILES string of the molecule is CC(NCC1CCCCC1CO)c1ccc(O)cc1O.